The molecule has 2 amide bonds. The summed E-state index contributed by atoms with van der Waals surface area (Å²) in [4.78, 5) is 42.1. The van der Waals surface area contributed by atoms with E-state index in [1.54, 1.807) is 0 Å². The highest BCUT2D eigenvalue weighted by molar-refractivity contribution is 5.91. The molecule has 2 aliphatic rings. The molecule has 1 aliphatic carbocycles. The van der Waals surface area contributed by atoms with Gasteiger partial charge in [0.25, 0.3) is 0 Å². The molecule has 5 rings (SSSR count). The lowest BCUT2D eigenvalue weighted by Crippen LogP contribution is -2.61. The molecule has 40 heavy (non-hydrogen) atoms. The van der Waals surface area contributed by atoms with Crippen LogP contribution in [0.3, 0.4) is 0 Å². The number of likely N-dealkylation sites (tertiary alicyclic amines) is 1. The number of rotatable bonds is 10. The summed E-state index contributed by atoms with van der Waals surface area (Å²) in [6, 6.07) is 26.3. The van der Waals surface area contributed by atoms with Crippen molar-refractivity contribution in [3.05, 3.63) is 95.6 Å². The van der Waals surface area contributed by atoms with Crippen LogP contribution in [-0.2, 0) is 20.9 Å². The number of carbonyl (C=O) groups is 3. The number of ether oxygens (including phenoxy) is 1. The largest absolute Gasteiger partial charge is 0.481 e. The number of hydrogen-bond donors (Lipinski definition) is 2. The number of nitrogens with zero attached hydrogens (tertiary/aromatic N) is 2. The standard InChI is InChI=1S/C32H35N3O5/c1-2-35(18-16-29(36)37)30(38)32(17-19-34(22-32)20-23-10-4-3-5-11-23)33-31(39)40-21-28-26-14-8-6-12-24(26)25-13-7-9-15-27(25)28/h3-15,28H,2,16-22H2,1H3,(H,33,39)(H,36,37). The average Bonchev–Trinajstić information content (AvgIpc) is 3.51. The summed E-state index contributed by atoms with van der Waals surface area (Å²) in [5.41, 5.74) is 4.42. The van der Waals surface area contributed by atoms with Gasteiger partial charge in [-0.2, -0.15) is 0 Å². The van der Waals surface area contributed by atoms with Crippen molar-refractivity contribution in [2.75, 3.05) is 32.8 Å². The lowest BCUT2D eigenvalue weighted by atomic mass is 9.96. The maximum absolute atomic E-state index is 13.9. The Morgan fingerprint density at radius 2 is 1.60 bits per heavy atom. The molecule has 0 bridgehead atoms. The third-order valence-corrected chi connectivity index (χ3v) is 7.96. The maximum atomic E-state index is 13.9. The van der Waals surface area contributed by atoms with E-state index in [2.05, 4.69) is 34.5 Å². The number of amides is 2. The summed E-state index contributed by atoms with van der Waals surface area (Å²) in [6.07, 6.45) is -0.396. The van der Waals surface area contributed by atoms with Gasteiger partial charge >= 0.3 is 12.1 Å². The van der Waals surface area contributed by atoms with Crippen LogP contribution in [-0.4, -0.2) is 71.2 Å². The predicted molar refractivity (Wildman–Crippen MR) is 152 cm³/mol. The number of hydrogen-bond acceptors (Lipinski definition) is 5. The Bertz CT molecular complexity index is 1330. The number of likely N-dealkylation sites (N-methyl/N-ethyl adjacent to an activating group) is 1. The fraction of sp³-hybridized carbons (Fsp3) is 0.344. The van der Waals surface area contributed by atoms with E-state index < -0.39 is 17.6 Å². The lowest BCUT2D eigenvalue weighted by Gasteiger charge is -2.34. The van der Waals surface area contributed by atoms with E-state index in [1.807, 2.05) is 61.5 Å². The Morgan fingerprint density at radius 3 is 2.23 bits per heavy atom. The van der Waals surface area contributed by atoms with Crippen molar-refractivity contribution in [3.8, 4) is 11.1 Å². The topological polar surface area (TPSA) is 99.2 Å². The number of benzene rings is 3. The van der Waals surface area contributed by atoms with E-state index in [1.165, 1.54) is 4.90 Å². The van der Waals surface area contributed by atoms with Crippen molar-refractivity contribution in [1.82, 2.24) is 15.1 Å². The highest BCUT2D eigenvalue weighted by Crippen LogP contribution is 2.44. The first-order valence-electron chi connectivity index (χ1n) is 13.8. The zero-order chi connectivity index (χ0) is 28.1. The summed E-state index contributed by atoms with van der Waals surface area (Å²) in [5.74, 6) is -1.34. The molecule has 1 fully saturated rings. The van der Waals surface area contributed by atoms with Gasteiger partial charge in [0, 0.05) is 38.6 Å². The summed E-state index contributed by atoms with van der Waals surface area (Å²) in [7, 11) is 0. The summed E-state index contributed by atoms with van der Waals surface area (Å²) < 4.78 is 5.81. The van der Waals surface area contributed by atoms with E-state index in [4.69, 9.17) is 4.74 Å². The van der Waals surface area contributed by atoms with E-state index in [-0.39, 0.29) is 31.4 Å². The van der Waals surface area contributed by atoms with Crippen LogP contribution in [0.4, 0.5) is 4.79 Å². The Kier molecular flexibility index (Phi) is 8.16. The van der Waals surface area contributed by atoms with Crippen LogP contribution in [0.5, 0.6) is 0 Å². The molecule has 0 spiro atoms. The fourth-order valence-corrected chi connectivity index (χ4v) is 5.96. The highest BCUT2D eigenvalue weighted by atomic mass is 16.5. The van der Waals surface area contributed by atoms with Crippen molar-refractivity contribution in [3.63, 3.8) is 0 Å². The molecule has 8 heteroatoms. The molecule has 3 aromatic rings. The molecule has 0 aromatic heterocycles. The molecule has 1 heterocycles. The third kappa shape index (κ3) is 5.72. The number of aliphatic carboxylic acids is 1. The van der Waals surface area contributed by atoms with Gasteiger partial charge in [0.1, 0.15) is 12.1 Å². The quantitative estimate of drug-likeness (QED) is 0.392. The van der Waals surface area contributed by atoms with E-state index >= 15 is 0 Å². The number of alkyl carbamates (subject to hydrolysis) is 1. The molecular formula is C32H35N3O5. The first kappa shape index (κ1) is 27.4. The average molecular weight is 542 g/mol. The maximum Gasteiger partial charge on any atom is 0.408 e. The molecule has 2 N–H and O–H groups in total. The van der Waals surface area contributed by atoms with Gasteiger partial charge in [-0.05, 0) is 41.2 Å². The molecule has 1 saturated heterocycles. The van der Waals surface area contributed by atoms with Crippen LogP contribution in [0.25, 0.3) is 11.1 Å². The lowest BCUT2D eigenvalue weighted by molar-refractivity contribution is -0.140. The molecule has 8 nitrogen and oxygen atoms in total. The van der Waals surface area contributed by atoms with Crippen molar-refractivity contribution in [2.45, 2.75) is 37.8 Å². The Balaban J connectivity index is 1.32. The van der Waals surface area contributed by atoms with Gasteiger partial charge in [0.05, 0.1) is 6.42 Å². The van der Waals surface area contributed by atoms with E-state index in [9.17, 15) is 19.5 Å². The van der Waals surface area contributed by atoms with Crippen molar-refractivity contribution < 1.29 is 24.2 Å². The van der Waals surface area contributed by atoms with E-state index in [0.717, 1.165) is 27.8 Å². The normalized spacial score (nSPS) is 18.1. The van der Waals surface area contributed by atoms with Gasteiger partial charge in [-0.3, -0.25) is 14.5 Å². The van der Waals surface area contributed by atoms with Gasteiger partial charge in [0.2, 0.25) is 5.91 Å². The highest BCUT2D eigenvalue weighted by Gasteiger charge is 2.48. The number of nitrogens with one attached hydrogen (secondary N) is 1. The van der Waals surface area contributed by atoms with Gasteiger partial charge in [-0.1, -0.05) is 78.9 Å². The smallest absolute Gasteiger partial charge is 0.408 e. The SMILES string of the molecule is CCN(CCC(=O)O)C(=O)C1(NC(=O)OCC2c3ccccc3-c3ccccc32)CCN(Cc2ccccc2)C1. The second-order valence-electron chi connectivity index (χ2n) is 10.5. The minimum absolute atomic E-state index is 0.0808. The monoisotopic (exact) mass is 541 g/mol. The second kappa shape index (κ2) is 11.9. The van der Waals surface area contributed by atoms with Crippen molar-refractivity contribution in [1.29, 1.82) is 0 Å². The molecule has 1 atom stereocenters. The fourth-order valence-electron chi connectivity index (χ4n) is 5.96. The van der Waals surface area contributed by atoms with Gasteiger partial charge < -0.3 is 20.1 Å². The van der Waals surface area contributed by atoms with Gasteiger partial charge in [-0.25, -0.2) is 4.79 Å². The second-order valence-corrected chi connectivity index (χ2v) is 10.5. The first-order valence-corrected chi connectivity index (χ1v) is 13.8. The van der Waals surface area contributed by atoms with Gasteiger partial charge in [0.15, 0.2) is 0 Å². The van der Waals surface area contributed by atoms with Crippen molar-refractivity contribution in [2.24, 2.45) is 0 Å². The van der Waals surface area contributed by atoms with Crippen LogP contribution in [0.2, 0.25) is 0 Å². The Labute approximate surface area is 234 Å². The van der Waals surface area contributed by atoms with Crippen LogP contribution in [0.1, 0.15) is 42.4 Å². The van der Waals surface area contributed by atoms with Crippen molar-refractivity contribution >= 4 is 18.0 Å². The van der Waals surface area contributed by atoms with Crippen LogP contribution < -0.4 is 5.32 Å². The number of carboxylic acids is 1. The minimum atomic E-state index is -1.20. The molecule has 1 unspecified atom stereocenters. The molecule has 0 radical (unpaired) electrons. The summed E-state index contributed by atoms with van der Waals surface area (Å²) >= 11 is 0. The van der Waals surface area contributed by atoms with Gasteiger partial charge in [-0.15, -0.1) is 0 Å². The summed E-state index contributed by atoms with van der Waals surface area (Å²) in [6.45, 7) is 3.96. The van der Waals surface area contributed by atoms with Crippen LogP contribution >= 0.6 is 0 Å². The Hall–Kier alpha value is -4.17. The van der Waals surface area contributed by atoms with E-state index in [0.29, 0.717) is 32.6 Å². The molecule has 0 saturated carbocycles. The summed E-state index contributed by atoms with van der Waals surface area (Å²) in [5, 5.41) is 12.1. The predicted octanol–water partition coefficient (Wildman–Crippen LogP) is 4.49. The number of carboxylic acid groups (broad SMARTS) is 1. The van der Waals surface area contributed by atoms with Crippen LogP contribution in [0, 0.1) is 0 Å². The number of carbonyl (C=O) groups excluding carboxylic acids is 2. The van der Waals surface area contributed by atoms with Crippen LogP contribution in [0.15, 0.2) is 78.9 Å². The molecule has 1 aliphatic heterocycles. The first-order chi connectivity index (χ1) is 19.4. The number of fused-ring (bicyclic) bond motifs is 3. The zero-order valence-corrected chi connectivity index (χ0v) is 22.7. The third-order valence-electron chi connectivity index (χ3n) is 7.96. The Morgan fingerprint density at radius 1 is 0.975 bits per heavy atom. The molecular weight excluding hydrogens is 506 g/mol. The minimum Gasteiger partial charge on any atom is -0.481 e. The molecule has 208 valence electrons. The molecule has 3 aromatic carbocycles. The zero-order valence-electron chi connectivity index (χ0n) is 22.7.